The van der Waals surface area contributed by atoms with E-state index in [1.165, 1.54) is 18.2 Å². The average molecular weight is 374 g/mol. The van der Waals surface area contributed by atoms with Crippen molar-refractivity contribution < 1.29 is 29.6 Å². The number of aliphatic hydroxyl groups is 2. The summed E-state index contributed by atoms with van der Waals surface area (Å²) in [4.78, 5) is 22.9. The number of carboxylic acids is 1. The highest BCUT2D eigenvalue weighted by Crippen LogP contribution is 2.24. The van der Waals surface area contributed by atoms with E-state index in [0.29, 0.717) is 0 Å². The summed E-state index contributed by atoms with van der Waals surface area (Å²) in [6.45, 7) is 0.161. The zero-order valence-electron chi connectivity index (χ0n) is 14.5. The number of hydrogen-bond donors (Lipinski definition) is 5. The van der Waals surface area contributed by atoms with Crippen molar-refractivity contribution in [1.82, 2.24) is 5.32 Å². The van der Waals surface area contributed by atoms with Gasteiger partial charge in [0.2, 0.25) is 0 Å². The van der Waals surface area contributed by atoms with Crippen molar-refractivity contribution in [1.29, 1.82) is 0 Å². The molecule has 0 radical (unpaired) electrons. The van der Waals surface area contributed by atoms with Gasteiger partial charge < -0.3 is 31.1 Å². The van der Waals surface area contributed by atoms with Crippen molar-refractivity contribution in [3.05, 3.63) is 65.2 Å². The third-order valence-electron chi connectivity index (χ3n) is 3.91. The molecule has 6 N–H and O–H groups in total. The molecular weight excluding hydrogens is 352 g/mol. The number of benzene rings is 2. The van der Waals surface area contributed by atoms with Crippen LogP contribution in [0.2, 0.25) is 0 Å². The van der Waals surface area contributed by atoms with Crippen molar-refractivity contribution in [3.63, 3.8) is 0 Å². The monoisotopic (exact) mass is 374 g/mol. The molecule has 1 amide bonds. The Morgan fingerprint density at radius 2 is 1.81 bits per heavy atom. The van der Waals surface area contributed by atoms with Crippen molar-refractivity contribution in [2.45, 2.75) is 25.2 Å². The number of carboxylic acid groups (broad SMARTS) is 1. The molecule has 0 fully saturated rings. The number of anilines is 1. The lowest BCUT2D eigenvalue weighted by Crippen LogP contribution is -2.30. The molecule has 0 aliphatic carbocycles. The fraction of sp³-hybridized carbons (Fsp3) is 0.263. The Morgan fingerprint density at radius 1 is 1.11 bits per heavy atom. The van der Waals surface area contributed by atoms with Gasteiger partial charge in [-0.1, -0.05) is 36.4 Å². The summed E-state index contributed by atoms with van der Waals surface area (Å²) in [5.41, 5.74) is 6.50. The number of aliphatic hydroxyl groups excluding tert-OH is 2. The minimum Gasteiger partial charge on any atom is -0.478 e. The quantitative estimate of drug-likeness (QED) is 0.442. The van der Waals surface area contributed by atoms with Crippen molar-refractivity contribution in [3.8, 4) is 0 Å². The van der Waals surface area contributed by atoms with Crippen molar-refractivity contribution >= 4 is 17.7 Å². The van der Waals surface area contributed by atoms with Crippen LogP contribution in [0, 0.1) is 0 Å². The summed E-state index contributed by atoms with van der Waals surface area (Å²) in [7, 11) is 0. The normalized spacial score (nSPS) is 12.8. The highest BCUT2D eigenvalue weighted by Gasteiger charge is 2.23. The number of hydrogen-bond acceptors (Lipinski definition) is 6. The van der Waals surface area contributed by atoms with Gasteiger partial charge in [0, 0.05) is 12.2 Å². The third kappa shape index (κ3) is 5.98. The Balaban J connectivity index is 1.82. The molecule has 2 atom stereocenters. The zero-order chi connectivity index (χ0) is 19.8. The first kappa shape index (κ1) is 20.2. The SMILES string of the molecule is Nc1ccc(C(O)C(O)CCNC(=O)OCc2ccccc2)c(C(=O)O)c1. The Labute approximate surface area is 156 Å². The molecule has 0 aliphatic heterocycles. The summed E-state index contributed by atoms with van der Waals surface area (Å²) in [5.74, 6) is -1.26. The van der Waals surface area contributed by atoms with E-state index >= 15 is 0 Å². The maximum Gasteiger partial charge on any atom is 0.407 e. The van der Waals surface area contributed by atoms with Crippen molar-refractivity contribution in [2.24, 2.45) is 0 Å². The number of carbonyl (C=O) groups is 2. The van der Waals surface area contributed by atoms with E-state index in [1.54, 1.807) is 0 Å². The molecule has 0 saturated carbocycles. The van der Waals surface area contributed by atoms with Crippen LogP contribution in [0.25, 0.3) is 0 Å². The van der Waals surface area contributed by atoms with E-state index in [-0.39, 0.29) is 36.4 Å². The van der Waals surface area contributed by atoms with E-state index in [1.807, 2.05) is 30.3 Å². The Kier molecular flexibility index (Phi) is 7.16. The van der Waals surface area contributed by atoms with E-state index in [4.69, 9.17) is 10.5 Å². The molecule has 2 aromatic rings. The van der Waals surface area contributed by atoms with Gasteiger partial charge in [0.1, 0.15) is 12.7 Å². The molecule has 0 heterocycles. The maximum absolute atomic E-state index is 11.6. The second-order valence-corrected chi connectivity index (χ2v) is 5.94. The lowest BCUT2D eigenvalue weighted by atomic mass is 9.96. The number of amides is 1. The Bertz CT molecular complexity index is 781. The maximum atomic E-state index is 11.6. The van der Waals surface area contributed by atoms with Crippen LogP contribution in [0.3, 0.4) is 0 Å². The third-order valence-corrected chi connectivity index (χ3v) is 3.91. The molecule has 2 aromatic carbocycles. The topological polar surface area (TPSA) is 142 Å². The second kappa shape index (κ2) is 9.56. The fourth-order valence-electron chi connectivity index (χ4n) is 2.48. The molecule has 0 spiro atoms. The minimum atomic E-state index is -1.43. The summed E-state index contributed by atoms with van der Waals surface area (Å²) in [6, 6.07) is 13.2. The average Bonchev–Trinajstić information content (AvgIpc) is 2.66. The first-order chi connectivity index (χ1) is 12.9. The summed E-state index contributed by atoms with van der Waals surface area (Å²) in [6.07, 6.45) is -3.36. The molecule has 27 heavy (non-hydrogen) atoms. The lowest BCUT2D eigenvalue weighted by molar-refractivity contribution is 0.0127. The molecule has 8 nitrogen and oxygen atoms in total. The smallest absolute Gasteiger partial charge is 0.407 e. The number of aromatic carboxylic acids is 1. The molecule has 0 aliphatic rings. The van der Waals surface area contributed by atoms with Gasteiger partial charge >= 0.3 is 12.1 Å². The van der Waals surface area contributed by atoms with Crippen LogP contribution in [0.15, 0.2) is 48.5 Å². The van der Waals surface area contributed by atoms with Gasteiger partial charge in [0.05, 0.1) is 11.7 Å². The van der Waals surface area contributed by atoms with Crippen LogP contribution in [-0.4, -0.2) is 40.0 Å². The predicted octanol–water partition coefficient (Wildman–Crippen LogP) is 1.68. The zero-order valence-corrected chi connectivity index (χ0v) is 14.5. The summed E-state index contributed by atoms with van der Waals surface area (Å²) in [5, 5.41) is 32.0. The molecular formula is C19H22N2O6. The first-order valence-corrected chi connectivity index (χ1v) is 8.32. The van der Waals surface area contributed by atoms with E-state index in [0.717, 1.165) is 5.56 Å². The van der Waals surface area contributed by atoms with Gasteiger partial charge in [-0.25, -0.2) is 9.59 Å². The highest BCUT2D eigenvalue weighted by molar-refractivity contribution is 5.90. The largest absolute Gasteiger partial charge is 0.478 e. The molecule has 0 bridgehead atoms. The first-order valence-electron chi connectivity index (χ1n) is 8.32. The number of alkyl carbamates (subject to hydrolysis) is 1. The molecule has 0 aromatic heterocycles. The lowest BCUT2D eigenvalue weighted by Gasteiger charge is -2.20. The number of carbonyl (C=O) groups excluding carboxylic acids is 1. The molecule has 2 unspecified atom stereocenters. The van der Waals surface area contributed by atoms with Gasteiger partial charge in [-0.3, -0.25) is 0 Å². The number of nitrogens with one attached hydrogen (secondary N) is 1. The Hall–Kier alpha value is -3.10. The van der Waals surface area contributed by atoms with Crippen molar-refractivity contribution in [2.75, 3.05) is 12.3 Å². The Morgan fingerprint density at radius 3 is 2.48 bits per heavy atom. The summed E-state index contributed by atoms with van der Waals surface area (Å²) >= 11 is 0. The van der Waals surface area contributed by atoms with Gasteiger partial charge in [-0.2, -0.15) is 0 Å². The van der Waals surface area contributed by atoms with Crippen LogP contribution in [-0.2, 0) is 11.3 Å². The molecule has 0 saturated heterocycles. The van der Waals surface area contributed by atoms with Gasteiger partial charge in [0.25, 0.3) is 0 Å². The van der Waals surface area contributed by atoms with E-state index < -0.39 is 24.3 Å². The van der Waals surface area contributed by atoms with Crippen LogP contribution in [0.5, 0.6) is 0 Å². The highest BCUT2D eigenvalue weighted by atomic mass is 16.5. The second-order valence-electron chi connectivity index (χ2n) is 5.94. The van der Waals surface area contributed by atoms with Gasteiger partial charge in [-0.15, -0.1) is 0 Å². The fourth-order valence-corrected chi connectivity index (χ4v) is 2.48. The minimum absolute atomic E-state index is 0.00500. The number of ether oxygens (including phenoxy) is 1. The van der Waals surface area contributed by atoms with E-state index in [9.17, 15) is 24.9 Å². The van der Waals surface area contributed by atoms with Gasteiger partial charge in [-0.05, 0) is 29.7 Å². The predicted molar refractivity (Wildman–Crippen MR) is 98.0 cm³/mol. The number of nitrogen functional groups attached to an aromatic ring is 1. The van der Waals surface area contributed by atoms with Gasteiger partial charge in [0.15, 0.2) is 0 Å². The molecule has 144 valence electrons. The van der Waals surface area contributed by atoms with E-state index in [2.05, 4.69) is 5.32 Å². The van der Waals surface area contributed by atoms with Crippen LogP contribution in [0.1, 0.15) is 34.0 Å². The number of rotatable bonds is 8. The standard InChI is InChI=1S/C19H22N2O6/c20-13-6-7-14(15(10-13)18(24)25)17(23)16(22)8-9-21-19(26)27-11-12-4-2-1-3-5-12/h1-7,10,16-17,22-23H,8-9,11,20H2,(H,21,26)(H,24,25). The van der Waals surface area contributed by atoms with Crippen LogP contribution in [0.4, 0.5) is 10.5 Å². The van der Waals surface area contributed by atoms with Crippen LogP contribution >= 0.6 is 0 Å². The molecule has 8 heteroatoms. The molecule has 2 rings (SSSR count). The summed E-state index contributed by atoms with van der Waals surface area (Å²) < 4.78 is 5.03. The van der Waals surface area contributed by atoms with Crippen LogP contribution < -0.4 is 11.1 Å². The number of nitrogens with two attached hydrogens (primary N) is 1.